The highest BCUT2D eigenvalue weighted by molar-refractivity contribution is 5.98. The van der Waals surface area contributed by atoms with Crippen LogP contribution in [0.1, 0.15) is 22.8 Å². The van der Waals surface area contributed by atoms with E-state index < -0.39 is 6.10 Å². The summed E-state index contributed by atoms with van der Waals surface area (Å²) < 4.78 is 4.96. The van der Waals surface area contributed by atoms with Crippen molar-refractivity contribution in [1.29, 1.82) is 0 Å². The molecule has 2 amide bonds. The van der Waals surface area contributed by atoms with Gasteiger partial charge in [0.15, 0.2) is 0 Å². The van der Waals surface area contributed by atoms with E-state index in [0.29, 0.717) is 17.8 Å². The van der Waals surface area contributed by atoms with Crippen LogP contribution in [0.5, 0.6) is 0 Å². The molecule has 0 fully saturated rings. The zero-order valence-corrected chi connectivity index (χ0v) is 13.2. The molecule has 120 valence electrons. The predicted octanol–water partition coefficient (Wildman–Crippen LogP) is 2.59. The number of hydrogen-bond acceptors (Lipinski definition) is 3. The second-order valence-electron chi connectivity index (χ2n) is 5.12. The first-order valence-electron chi connectivity index (χ1n) is 7.36. The average Bonchev–Trinajstić information content (AvgIpc) is 2.60. The lowest BCUT2D eigenvalue weighted by Crippen LogP contribution is -2.27. The molecule has 2 N–H and O–H groups in total. The highest BCUT2D eigenvalue weighted by Gasteiger charge is 2.12. The van der Waals surface area contributed by atoms with E-state index in [1.54, 1.807) is 31.2 Å². The minimum Gasteiger partial charge on any atom is -0.372 e. The third kappa shape index (κ3) is 4.93. The van der Waals surface area contributed by atoms with Crippen LogP contribution in [0.2, 0.25) is 0 Å². The number of anilines is 1. The molecule has 0 spiro atoms. The summed E-state index contributed by atoms with van der Waals surface area (Å²) in [6.45, 7) is 2.11. The number of carbonyl (C=O) groups is 2. The van der Waals surface area contributed by atoms with E-state index in [1.165, 1.54) is 7.11 Å². The highest BCUT2D eigenvalue weighted by Crippen LogP contribution is 2.12. The van der Waals surface area contributed by atoms with Crippen LogP contribution in [0.25, 0.3) is 0 Å². The molecule has 1 unspecified atom stereocenters. The standard InChI is InChI=1S/C18H20N2O3/c1-13(23-2)17(21)20-16-10-6-9-15(11-16)18(22)19-12-14-7-4-3-5-8-14/h3-11,13H,12H2,1-2H3,(H,19,22)(H,20,21). The van der Waals surface area contributed by atoms with Crippen molar-refractivity contribution in [1.82, 2.24) is 5.32 Å². The molecule has 5 nitrogen and oxygen atoms in total. The molecule has 0 radical (unpaired) electrons. The van der Waals surface area contributed by atoms with Crippen molar-refractivity contribution in [3.63, 3.8) is 0 Å². The Morgan fingerprint density at radius 2 is 1.83 bits per heavy atom. The first-order valence-corrected chi connectivity index (χ1v) is 7.36. The minimum atomic E-state index is -0.550. The number of hydrogen-bond donors (Lipinski definition) is 2. The lowest BCUT2D eigenvalue weighted by atomic mass is 10.1. The minimum absolute atomic E-state index is 0.190. The first kappa shape index (κ1) is 16.7. The number of benzene rings is 2. The zero-order chi connectivity index (χ0) is 16.7. The van der Waals surface area contributed by atoms with E-state index in [0.717, 1.165) is 5.56 Å². The van der Waals surface area contributed by atoms with Crippen LogP contribution in [0.4, 0.5) is 5.69 Å². The summed E-state index contributed by atoms with van der Waals surface area (Å²) in [7, 11) is 1.47. The van der Waals surface area contributed by atoms with Gasteiger partial charge in [-0.1, -0.05) is 36.4 Å². The number of amides is 2. The van der Waals surface area contributed by atoms with Gasteiger partial charge in [0, 0.05) is 24.9 Å². The summed E-state index contributed by atoms with van der Waals surface area (Å²) in [4.78, 5) is 24.0. The summed E-state index contributed by atoms with van der Waals surface area (Å²) in [5.41, 5.74) is 2.08. The van der Waals surface area contributed by atoms with E-state index in [2.05, 4.69) is 10.6 Å². The Kier molecular flexibility index (Phi) is 5.88. The number of ether oxygens (including phenoxy) is 1. The van der Waals surface area contributed by atoms with Crippen LogP contribution < -0.4 is 10.6 Å². The SMILES string of the molecule is COC(C)C(=O)Nc1cccc(C(=O)NCc2ccccc2)c1. The van der Waals surface area contributed by atoms with Crippen LogP contribution in [0.15, 0.2) is 54.6 Å². The van der Waals surface area contributed by atoms with Gasteiger partial charge in [0.05, 0.1) is 0 Å². The molecule has 0 aliphatic carbocycles. The summed E-state index contributed by atoms with van der Waals surface area (Å²) in [6, 6.07) is 16.5. The highest BCUT2D eigenvalue weighted by atomic mass is 16.5. The smallest absolute Gasteiger partial charge is 0.253 e. The van der Waals surface area contributed by atoms with E-state index >= 15 is 0 Å². The molecule has 0 aromatic heterocycles. The molecule has 1 atom stereocenters. The first-order chi connectivity index (χ1) is 11.1. The molecule has 0 bridgehead atoms. The molecule has 2 aromatic rings. The second kappa shape index (κ2) is 8.10. The topological polar surface area (TPSA) is 67.4 Å². The molecular formula is C18H20N2O3. The average molecular weight is 312 g/mol. The van der Waals surface area contributed by atoms with Crippen LogP contribution in [-0.2, 0) is 16.1 Å². The molecule has 0 saturated heterocycles. The maximum absolute atomic E-state index is 12.2. The lowest BCUT2D eigenvalue weighted by molar-refractivity contribution is -0.124. The Morgan fingerprint density at radius 1 is 1.09 bits per heavy atom. The number of rotatable bonds is 6. The third-order valence-electron chi connectivity index (χ3n) is 3.41. The van der Waals surface area contributed by atoms with Gasteiger partial charge in [0.25, 0.3) is 11.8 Å². The Labute approximate surface area is 135 Å². The molecule has 23 heavy (non-hydrogen) atoms. The summed E-state index contributed by atoms with van der Waals surface area (Å²) >= 11 is 0. The molecule has 0 heterocycles. The fourth-order valence-corrected chi connectivity index (χ4v) is 1.97. The van der Waals surface area contributed by atoms with Crippen molar-refractivity contribution in [3.05, 3.63) is 65.7 Å². The molecule has 5 heteroatoms. The fraction of sp³-hybridized carbons (Fsp3) is 0.222. The maximum atomic E-state index is 12.2. The van der Waals surface area contributed by atoms with Crippen LogP contribution >= 0.6 is 0 Å². The number of carbonyl (C=O) groups excluding carboxylic acids is 2. The van der Waals surface area contributed by atoms with Gasteiger partial charge in [-0.15, -0.1) is 0 Å². The molecular weight excluding hydrogens is 292 g/mol. The second-order valence-corrected chi connectivity index (χ2v) is 5.12. The summed E-state index contributed by atoms with van der Waals surface area (Å²) in [5, 5.41) is 5.57. The van der Waals surface area contributed by atoms with Crippen LogP contribution in [0, 0.1) is 0 Å². The Morgan fingerprint density at radius 3 is 2.52 bits per heavy atom. The Hall–Kier alpha value is -2.66. The normalized spacial score (nSPS) is 11.6. The van der Waals surface area contributed by atoms with Crippen molar-refractivity contribution < 1.29 is 14.3 Å². The van der Waals surface area contributed by atoms with Crippen molar-refractivity contribution in [2.75, 3.05) is 12.4 Å². The van der Waals surface area contributed by atoms with E-state index in [4.69, 9.17) is 4.74 Å². The quantitative estimate of drug-likeness (QED) is 0.861. The fourth-order valence-electron chi connectivity index (χ4n) is 1.97. The van der Waals surface area contributed by atoms with E-state index in [9.17, 15) is 9.59 Å². The number of methoxy groups -OCH3 is 1. The van der Waals surface area contributed by atoms with E-state index in [-0.39, 0.29) is 11.8 Å². The summed E-state index contributed by atoms with van der Waals surface area (Å²) in [5.74, 6) is -0.445. The Balaban J connectivity index is 1.98. The monoisotopic (exact) mass is 312 g/mol. The largest absolute Gasteiger partial charge is 0.372 e. The molecule has 2 rings (SSSR count). The van der Waals surface area contributed by atoms with Crippen molar-refractivity contribution in [2.24, 2.45) is 0 Å². The van der Waals surface area contributed by atoms with Gasteiger partial charge < -0.3 is 15.4 Å². The molecule has 0 aliphatic rings. The van der Waals surface area contributed by atoms with Gasteiger partial charge in [0.2, 0.25) is 0 Å². The zero-order valence-electron chi connectivity index (χ0n) is 13.2. The maximum Gasteiger partial charge on any atom is 0.253 e. The molecule has 2 aromatic carbocycles. The third-order valence-corrected chi connectivity index (χ3v) is 3.41. The predicted molar refractivity (Wildman–Crippen MR) is 89.2 cm³/mol. The summed E-state index contributed by atoms with van der Waals surface area (Å²) in [6.07, 6.45) is -0.550. The lowest BCUT2D eigenvalue weighted by Gasteiger charge is -2.11. The van der Waals surface area contributed by atoms with Gasteiger partial charge in [-0.3, -0.25) is 9.59 Å². The van der Waals surface area contributed by atoms with Crippen molar-refractivity contribution >= 4 is 17.5 Å². The molecule has 0 aliphatic heterocycles. The Bertz CT molecular complexity index is 671. The van der Waals surface area contributed by atoms with Crippen LogP contribution in [0.3, 0.4) is 0 Å². The van der Waals surface area contributed by atoms with Gasteiger partial charge in [0.1, 0.15) is 6.10 Å². The van der Waals surface area contributed by atoms with Crippen LogP contribution in [-0.4, -0.2) is 25.0 Å². The van der Waals surface area contributed by atoms with Gasteiger partial charge >= 0.3 is 0 Å². The van der Waals surface area contributed by atoms with Crippen molar-refractivity contribution in [2.45, 2.75) is 19.6 Å². The van der Waals surface area contributed by atoms with E-state index in [1.807, 2.05) is 30.3 Å². The number of nitrogens with one attached hydrogen (secondary N) is 2. The van der Waals surface area contributed by atoms with Gasteiger partial charge in [-0.05, 0) is 30.7 Å². The van der Waals surface area contributed by atoms with Gasteiger partial charge in [-0.2, -0.15) is 0 Å². The van der Waals surface area contributed by atoms with Gasteiger partial charge in [-0.25, -0.2) is 0 Å². The molecule has 0 saturated carbocycles. The van der Waals surface area contributed by atoms with Crippen molar-refractivity contribution in [3.8, 4) is 0 Å².